The average Bonchev–Trinajstić information content (AvgIpc) is 2.61. The SMILES string of the molecule is CCC(=O)COC1=Cc2cc(Nc3ncncc3Cl)ccc2CC1=O. The van der Waals surface area contributed by atoms with Crippen molar-refractivity contribution in [3.63, 3.8) is 0 Å². The lowest BCUT2D eigenvalue weighted by Crippen LogP contribution is -2.17. The number of Topliss-reactive ketones (excluding diaryl/α,β-unsaturated/α-hetero) is 2. The third kappa shape index (κ3) is 4.03. The number of nitrogens with zero attached hydrogens (tertiary/aromatic N) is 2. The normalized spacial score (nSPS) is 13.0. The second kappa shape index (κ2) is 7.44. The van der Waals surface area contributed by atoms with Crippen LogP contribution in [0.5, 0.6) is 0 Å². The smallest absolute Gasteiger partial charge is 0.201 e. The molecular formula is C18H16ClN3O3. The highest BCUT2D eigenvalue weighted by molar-refractivity contribution is 6.32. The summed E-state index contributed by atoms with van der Waals surface area (Å²) < 4.78 is 5.38. The summed E-state index contributed by atoms with van der Waals surface area (Å²) in [5.74, 6) is 0.535. The van der Waals surface area contributed by atoms with E-state index in [-0.39, 0.29) is 30.4 Å². The second-order valence-corrected chi connectivity index (χ2v) is 5.95. The van der Waals surface area contributed by atoms with Crippen LogP contribution in [0.3, 0.4) is 0 Å². The molecule has 1 aromatic carbocycles. The first-order valence-corrected chi connectivity index (χ1v) is 8.19. The number of fused-ring (bicyclic) bond motifs is 1. The summed E-state index contributed by atoms with van der Waals surface area (Å²) in [6.45, 7) is 1.67. The number of aromatic nitrogens is 2. The summed E-state index contributed by atoms with van der Waals surface area (Å²) in [6.07, 6.45) is 5.20. The van der Waals surface area contributed by atoms with E-state index < -0.39 is 0 Å². The summed E-state index contributed by atoms with van der Waals surface area (Å²) in [7, 11) is 0. The van der Waals surface area contributed by atoms with Gasteiger partial charge in [-0.05, 0) is 29.3 Å². The van der Waals surface area contributed by atoms with Crippen molar-refractivity contribution in [3.05, 3.63) is 52.6 Å². The molecule has 2 aromatic rings. The molecule has 0 amide bonds. The Kier molecular flexibility index (Phi) is 5.09. The third-order valence-electron chi connectivity index (χ3n) is 3.77. The number of halogens is 1. The molecule has 1 heterocycles. The molecule has 1 aromatic heterocycles. The number of anilines is 2. The van der Waals surface area contributed by atoms with Gasteiger partial charge in [-0.3, -0.25) is 9.59 Å². The fourth-order valence-corrected chi connectivity index (χ4v) is 2.53. The maximum Gasteiger partial charge on any atom is 0.201 e. The molecule has 0 atom stereocenters. The fraction of sp³-hybridized carbons (Fsp3) is 0.222. The molecule has 6 nitrogen and oxygen atoms in total. The first kappa shape index (κ1) is 17.1. The molecular weight excluding hydrogens is 342 g/mol. The number of benzene rings is 1. The number of hydrogen-bond donors (Lipinski definition) is 1. The Morgan fingerprint density at radius 2 is 2.24 bits per heavy atom. The van der Waals surface area contributed by atoms with Crippen molar-refractivity contribution in [2.24, 2.45) is 0 Å². The highest BCUT2D eigenvalue weighted by Gasteiger charge is 2.21. The van der Waals surface area contributed by atoms with Crippen LogP contribution in [0.2, 0.25) is 5.02 Å². The molecule has 3 rings (SSSR count). The van der Waals surface area contributed by atoms with Crippen LogP contribution in [0.1, 0.15) is 24.5 Å². The van der Waals surface area contributed by atoms with Crippen LogP contribution in [0.4, 0.5) is 11.5 Å². The number of nitrogens with one attached hydrogen (secondary N) is 1. The van der Waals surface area contributed by atoms with Crippen LogP contribution in [0.15, 0.2) is 36.5 Å². The number of rotatable bonds is 6. The summed E-state index contributed by atoms with van der Waals surface area (Å²) in [5, 5.41) is 3.53. The van der Waals surface area contributed by atoms with Gasteiger partial charge >= 0.3 is 0 Å². The van der Waals surface area contributed by atoms with E-state index in [1.807, 2.05) is 18.2 Å². The zero-order valence-corrected chi connectivity index (χ0v) is 14.3. The van der Waals surface area contributed by atoms with Crippen LogP contribution in [0.25, 0.3) is 6.08 Å². The number of carbonyl (C=O) groups is 2. The van der Waals surface area contributed by atoms with E-state index in [4.69, 9.17) is 16.3 Å². The largest absolute Gasteiger partial charge is 0.482 e. The van der Waals surface area contributed by atoms with Crippen LogP contribution in [-0.2, 0) is 20.7 Å². The Morgan fingerprint density at radius 1 is 1.40 bits per heavy atom. The van der Waals surface area contributed by atoms with Crippen molar-refractivity contribution < 1.29 is 14.3 Å². The van der Waals surface area contributed by atoms with Gasteiger partial charge in [-0.2, -0.15) is 0 Å². The van der Waals surface area contributed by atoms with Crippen LogP contribution in [0, 0.1) is 0 Å². The van der Waals surface area contributed by atoms with Gasteiger partial charge in [0.2, 0.25) is 5.78 Å². The summed E-state index contributed by atoms with van der Waals surface area (Å²) in [6, 6.07) is 5.60. The van der Waals surface area contributed by atoms with Gasteiger partial charge in [-0.15, -0.1) is 0 Å². The standard InChI is InChI=1S/C18H16ClN3O3/c1-2-14(23)9-25-17-7-12-5-13(4-3-11(12)6-16(17)24)22-18-15(19)8-20-10-21-18/h3-5,7-8,10H,2,6,9H2,1H3,(H,20,21,22). The predicted molar refractivity (Wildman–Crippen MR) is 94.7 cm³/mol. The summed E-state index contributed by atoms with van der Waals surface area (Å²) in [4.78, 5) is 31.4. The third-order valence-corrected chi connectivity index (χ3v) is 4.05. The van der Waals surface area contributed by atoms with E-state index >= 15 is 0 Å². The Balaban J connectivity index is 1.82. The van der Waals surface area contributed by atoms with E-state index in [2.05, 4.69) is 15.3 Å². The molecule has 0 saturated heterocycles. The van der Waals surface area contributed by atoms with Gasteiger partial charge < -0.3 is 10.1 Å². The van der Waals surface area contributed by atoms with E-state index in [9.17, 15) is 9.59 Å². The highest BCUT2D eigenvalue weighted by Crippen LogP contribution is 2.28. The van der Waals surface area contributed by atoms with E-state index in [0.29, 0.717) is 17.3 Å². The molecule has 0 saturated carbocycles. The quantitative estimate of drug-likeness (QED) is 0.854. The van der Waals surface area contributed by atoms with Gasteiger partial charge in [0.25, 0.3) is 0 Å². The topological polar surface area (TPSA) is 81.2 Å². The van der Waals surface area contributed by atoms with Gasteiger partial charge in [0.15, 0.2) is 17.4 Å². The number of ether oxygens (including phenoxy) is 1. The van der Waals surface area contributed by atoms with Gasteiger partial charge in [-0.1, -0.05) is 24.6 Å². The molecule has 7 heteroatoms. The minimum atomic E-state index is -0.129. The maximum absolute atomic E-state index is 12.1. The maximum atomic E-state index is 12.1. The highest BCUT2D eigenvalue weighted by atomic mass is 35.5. The lowest BCUT2D eigenvalue weighted by Gasteiger charge is -2.17. The van der Waals surface area contributed by atoms with Crippen molar-refractivity contribution >= 4 is 40.7 Å². The molecule has 0 unspecified atom stereocenters. The van der Waals surface area contributed by atoms with Gasteiger partial charge in [-0.25, -0.2) is 9.97 Å². The number of carbonyl (C=O) groups excluding carboxylic acids is 2. The number of ketones is 2. The Bertz CT molecular complexity index is 864. The van der Waals surface area contributed by atoms with Crippen molar-refractivity contribution in [1.29, 1.82) is 0 Å². The van der Waals surface area contributed by atoms with E-state index in [1.54, 1.807) is 13.0 Å². The molecule has 0 fully saturated rings. The van der Waals surface area contributed by atoms with Crippen molar-refractivity contribution in [1.82, 2.24) is 9.97 Å². The minimum Gasteiger partial charge on any atom is -0.482 e. The molecule has 1 aliphatic carbocycles. The van der Waals surface area contributed by atoms with Crippen molar-refractivity contribution in [2.45, 2.75) is 19.8 Å². The van der Waals surface area contributed by atoms with E-state index in [1.165, 1.54) is 12.5 Å². The van der Waals surface area contributed by atoms with E-state index in [0.717, 1.165) is 16.8 Å². The van der Waals surface area contributed by atoms with Gasteiger partial charge in [0.1, 0.15) is 18.0 Å². The lowest BCUT2D eigenvalue weighted by molar-refractivity contribution is -0.124. The predicted octanol–water partition coefficient (Wildman–Crippen LogP) is 3.34. The summed E-state index contributed by atoms with van der Waals surface area (Å²) >= 11 is 6.05. The minimum absolute atomic E-state index is 0.0479. The van der Waals surface area contributed by atoms with Gasteiger partial charge in [0.05, 0.1) is 6.20 Å². The zero-order chi connectivity index (χ0) is 17.8. The molecule has 0 aliphatic heterocycles. The van der Waals surface area contributed by atoms with Crippen LogP contribution >= 0.6 is 11.6 Å². The molecule has 0 radical (unpaired) electrons. The molecule has 1 aliphatic rings. The Hall–Kier alpha value is -2.73. The Labute approximate surface area is 149 Å². The summed E-state index contributed by atoms with van der Waals surface area (Å²) in [5.41, 5.74) is 2.53. The van der Waals surface area contributed by atoms with Crippen LogP contribution < -0.4 is 5.32 Å². The average molecular weight is 358 g/mol. The number of allylic oxidation sites excluding steroid dienone is 1. The van der Waals surface area contributed by atoms with Crippen molar-refractivity contribution in [2.75, 3.05) is 11.9 Å². The molecule has 1 N–H and O–H groups in total. The molecule has 25 heavy (non-hydrogen) atoms. The number of hydrogen-bond acceptors (Lipinski definition) is 6. The molecule has 0 bridgehead atoms. The fourth-order valence-electron chi connectivity index (χ4n) is 2.37. The first-order valence-electron chi connectivity index (χ1n) is 7.81. The van der Waals surface area contributed by atoms with Gasteiger partial charge in [0, 0.05) is 18.5 Å². The molecule has 0 spiro atoms. The lowest BCUT2D eigenvalue weighted by atomic mass is 9.95. The van der Waals surface area contributed by atoms with Crippen LogP contribution in [-0.4, -0.2) is 28.1 Å². The zero-order valence-electron chi connectivity index (χ0n) is 13.6. The monoisotopic (exact) mass is 357 g/mol. The second-order valence-electron chi connectivity index (χ2n) is 5.55. The molecule has 128 valence electrons. The van der Waals surface area contributed by atoms with Crippen molar-refractivity contribution in [3.8, 4) is 0 Å². The Morgan fingerprint density at radius 3 is 3.00 bits per heavy atom. The first-order chi connectivity index (χ1) is 12.1.